The molecule has 0 fully saturated rings. The van der Waals surface area contributed by atoms with Crippen LogP contribution in [0.1, 0.15) is 40.5 Å². The molecule has 2 heteroatoms. The van der Waals surface area contributed by atoms with E-state index in [1.54, 1.807) is 0 Å². The van der Waals surface area contributed by atoms with Gasteiger partial charge in [0.2, 0.25) is 0 Å². The maximum absolute atomic E-state index is 5.76. The summed E-state index contributed by atoms with van der Waals surface area (Å²) in [6.07, 6.45) is 2.34. The summed E-state index contributed by atoms with van der Waals surface area (Å²) in [5.74, 6) is 0. The maximum Gasteiger partial charge on any atom is 0.00814 e. The molecule has 0 aliphatic rings. The Morgan fingerprint density at radius 1 is 1.25 bits per heavy atom. The van der Waals surface area contributed by atoms with Gasteiger partial charge < -0.3 is 10.6 Å². The van der Waals surface area contributed by atoms with Gasteiger partial charge in [-0.3, -0.25) is 0 Å². The molecule has 2 unspecified atom stereocenters. The van der Waals surface area contributed by atoms with Gasteiger partial charge in [0, 0.05) is 12.1 Å². The molecular formula is C10H24N2. The zero-order chi connectivity index (χ0) is 9.56. The fourth-order valence-electron chi connectivity index (χ4n) is 1.66. The van der Waals surface area contributed by atoms with Crippen LogP contribution in [0.2, 0.25) is 0 Å². The first kappa shape index (κ1) is 11.9. The Kier molecular flexibility index (Phi) is 6.39. The van der Waals surface area contributed by atoms with E-state index in [2.05, 4.69) is 32.6 Å². The van der Waals surface area contributed by atoms with E-state index in [-0.39, 0.29) is 0 Å². The van der Waals surface area contributed by atoms with Crippen LogP contribution < -0.4 is 5.73 Å². The Balaban J connectivity index is 3.76. The molecule has 0 aromatic carbocycles. The molecule has 0 aliphatic heterocycles. The standard InChI is InChI=1S/C10H24N2/c1-5-7-12(6-2)10(4)8-9(3)11/h9-10H,5-8,11H2,1-4H3. The Labute approximate surface area is 77.1 Å². The van der Waals surface area contributed by atoms with E-state index in [0.717, 1.165) is 13.0 Å². The summed E-state index contributed by atoms with van der Waals surface area (Å²) >= 11 is 0. The lowest BCUT2D eigenvalue weighted by Gasteiger charge is -2.28. The molecule has 0 spiro atoms. The summed E-state index contributed by atoms with van der Waals surface area (Å²) in [5, 5.41) is 0. The minimum Gasteiger partial charge on any atom is -0.328 e. The fraction of sp³-hybridized carbons (Fsp3) is 1.00. The molecule has 12 heavy (non-hydrogen) atoms. The zero-order valence-electron chi connectivity index (χ0n) is 9.01. The topological polar surface area (TPSA) is 29.3 Å². The molecule has 0 radical (unpaired) electrons. The summed E-state index contributed by atoms with van der Waals surface area (Å²) in [5.41, 5.74) is 5.76. The number of hydrogen-bond donors (Lipinski definition) is 1. The van der Waals surface area contributed by atoms with E-state index in [0.29, 0.717) is 12.1 Å². The van der Waals surface area contributed by atoms with Crippen molar-refractivity contribution in [3.05, 3.63) is 0 Å². The second-order valence-corrected chi connectivity index (χ2v) is 3.69. The van der Waals surface area contributed by atoms with Crippen LogP contribution in [0.5, 0.6) is 0 Å². The summed E-state index contributed by atoms with van der Waals surface area (Å²) in [6, 6.07) is 0.959. The van der Waals surface area contributed by atoms with Gasteiger partial charge >= 0.3 is 0 Å². The number of hydrogen-bond acceptors (Lipinski definition) is 2. The highest BCUT2D eigenvalue weighted by Crippen LogP contribution is 2.05. The van der Waals surface area contributed by atoms with Gasteiger partial charge in [-0.15, -0.1) is 0 Å². The Bertz CT molecular complexity index is 102. The van der Waals surface area contributed by atoms with Crippen molar-refractivity contribution in [3.8, 4) is 0 Å². The lowest BCUT2D eigenvalue weighted by atomic mass is 10.1. The van der Waals surface area contributed by atoms with Gasteiger partial charge in [-0.1, -0.05) is 13.8 Å². The average Bonchev–Trinajstić information content (AvgIpc) is 1.98. The molecule has 74 valence electrons. The second-order valence-electron chi connectivity index (χ2n) is 3.69. The van der Waals surface area contributed by atoms with Crippen molar-refractivity contribution in [1.29, 1.82) is 0 Å². The molecule has 2 N–H and O–H groups in total. The zero-order valence-corrected chi connectivity index (χ0v) is 9.01. The second kappa shape index (κ2) is 6.44. The molecule has 0 bridgehead atoms. The third-order valence-corrected chi connectivity index (χ3v) is 2.25. The van der Waals surface area contributed by atoms with E-state index in [9.17, 15) is 0 Å². The normalized spacial score (nSPS) is 16.5. The first-order chi connectivity index (χ1) is 5.61. The maximum atomic E-state index is 5.76. The van der Waals surface area contributed by atoms with Gasteiger partial charge in [0.15, 0.2) is 0 Å². The van der Waals surface area contributed by atoms with Crippen LogP contribution in [-0.4, -0.2) is 30.1 Å². The quantitative estimate of drug-likeness (QED) is 0.662. The van der Waals surface area contributed by atoms with Gasteiger partial charge in [0.05, 0.1) is 0 Å². The molecule has 0 aliphatic carbocycles. The van der Waals surface area contributed by atoms with Crippen LogP contribution in [-0.2, 0) is 0 Å². The van der Waals surface area contributed by atoms with Crippen LogP contribution in [0.15, 0.2) is 0 Å². The van der Waals surface area contributed by atoms with Crippen molar-refractivity contribution < 1.29 is 0 Å². The lowest BCUT2D eigenvalue weighted by molar-refractivity contribution is 0.204. The van der Waals surface area contributed by atoms with Crippen LogP contribution in [0.4, 0.5) is 0 Å². The molecule has 2 nitrogen and oxygen atoms in total. The Hall–Kier alpha value is -0.0800. The Morgan fingerprint density at radius 2 is 1.83 bits per heavy atom. The SMILES string of the molecule is CCCN(CC)C(C)CC(C)N. The minimum atomic E-state index is 0.325. The molecule has 0 rings (SSSR count). The highest BCUT2D eigenvalue weighted by atomic mass is 15.1. The highest BCUT2D eigenvalue weighted by Gasteiger charge is 2.11. The number of rotatable bonds is 6. The first-order valence-electron chi connectivity index (χ1n) is 5.11. The monoisotopic (exact) mass is 172 g/mol. The van der Waals surface area contributed by atoms with Crippen molar-refractivity contribution in [2.75, 3.05) is 13.1 Å². The van der Waals surface area contributed by atoms with Crippen molar-refractivity contribution in [3.63, 3.8) is 0 Å². The first-order valence-corrected chi connectivity index (χ1v) is 5.11. The van der Waals surface area contributed by atoms with Gasteiger partial charge in [0.1, 0.15) is 0 Å². The summed E-state index contributed by atoms with van der Waals surface area (Å²) in [4.78, 5) is 2.49. The van der Waals surface area contributed by atoms with Crippen LogP contribution in [0, 0.1) is 0 Å². The van der Waals surface area contributed by atoms with E-state index >= 15 is 0 Å². The minimum absolute atomic E-state index is 0.325. The highest BCUT2D eigenvalue weighted by molar-refractivity contribution is 4.69. The largest absolute Gasteiger partial charge is 0.328 e. The smallest absolute Gasteiger partial charge is 0.00814 e. The van der Waals surface area contributed by atoms with E-state index in [1.165, 1.54) is 13.0 Å². The van der Waals surface area contributed by atoms with Crippen molar-refractivity contribution in [2.45, 2.75) is 52.6 Å². The predicted octanol–water partition coefficient (Wildman–Crippen LogP) is 1.84. The number of nitrogens with zero attached hydrogens (tertiary/aromatic N) is 1. The third kappa shape index (κ3) is 4.73. The van der Waals surface area contributed by atoms with Crippen molar-refractivity contribution in [1.82, 2.24) is 4.90 Å². The lowest BCUT2D eigenvalue weighted by Crippen LogP contribution is -2.37. The van der Waals surface area contributed by atoms with Gasteiger partial charge in [-0.25, -0.2) is 0 Å². The third-order valence-electron chi connectivity index (χ3n) is 2.25. The molecule has 0 heterocycles. The van der Waals surface area contributed by atoms with Gasteiger partial charge in [-0.05, 0) is 39.8 Å². The fourth-order valence-corrected chi connectivity index (χ4v) is 1.66. The van der Waals surface area contributed by atoms with E-state index in [1.807, 2.05) is 0 Å². The van der Waals surface area contributed by atoms with E-state index < -0.39 is 0 Å². The summed E-state index contributed by atoms with van der Waals surface area (Å²) < 4.78 is 0. The van der Waals surface area contributed by atoms with Gasteiger partial charge in [0.25, 0.3) is 0 Å². The van der Waals surface area contributed by atoms with Gasteiger partial charge in [-0.2, -0.15) is 0 Å². The molecule has 0 aromatic rings. The average molecular weight is 172 g/mol. The Morgan fingerprint density at radius 3 is 2.17 bits per heavy atom. The predicted molar refractivity (Wildman–Crippen MR) is 55.3 cm³/mol. The van der Waals surface area contributed by atoms with Crippen molar-refractivity contribution in [2.24, 2.45) is 5.73 Å². The molecule has 0 amide bonds. The molecule has 0 saturated heterocycles. The van der Waals surface area contributed by atoms with Crippen molar-refractivity contribution >= 4 is 0 Å². The number of nitrogens with two attached hydrogens (primary N) is 1. The summed E-state index contributed by atoms with van der Waals surface area (Å²) in [7, 11) is 0. The molecule has 0 saturated carbocycles. The summed E-state index contributed by atoms with van der Waals surface area (Å²) in [6.45, 7) is 11.1. The molecule has 2 atom stereocenters. The van der Waals surface area contributed by atoms with Crippen LogP contribution >= 0.6 is 0 Å². The van der Waals surface area contributed by atoms with Crippen LogP contribution in [0.3, 0.4) is 0 Å². The van der Waals surface area contributed by atoms with E-state index in [4.69, 9.17) is 5.73 Å². The molecular weight excluding hydrogens is 148 g/mol. The molecule has 0 aromatic heterocycles. The van der Waals surface area contributed by atoms with Crippen LogP contribution in [0.25, 0.3) is 0 Å².